The number of aryl methyl sites for hydroxylation is 1. The van der Waals surface area contributed by atoms with E-state index in [2.05, 4.69) is 0 Å². The molecule has 0 atom stereocenters. The highest BCUT2D eigenvalue weighted by molar-refractivity contribution is 5.66. The number of ether oxygens (including phenoxy) is 1. The van der Waals surface area contributed by atoms with Crippen molar-refractivity contribution < 1.29 is 14.6 Å². The van der Waals surface area contributed by atoms with Crippen molar-refractivity contribution in [3.63, 3.8) is 0 Å². The minimum absolute atomic E-state index is 0.0351. The molecule has 0 unspecified atom stereocenters. The maximum absolute atomic E-state index is 10.3. The van der Waals surface area contributed by atoms with Crippen molar-refractivity contribution in [3.8, 4) is 5.75 Å². The number of benzene rings is 1. The van der Waals surface area contributed by atoms with Gasteiger partial charge in [0.25, 0.3) is 0 Å². The van der Waals surface area contributed by atoms with Crippen molar-refractivity contribution >= 4 is 5.97 Å². The fourth-order valence-electron chi connectivity index (χ4n) is 1.13. The number of rotatable bonds is 4. The monoisotopic (exact) mass is 194 g/mol. The molecule has 0 saturated heterocycles. The van der Waals surface area contributed by atoms with E-state index in [0.717, 1.165) is 16.9 Å². The van der Waals surface area contributed by atoms with Gasteiger partial charge in [-0.05, 0) is 31.0 Å². The van der Waals surface area contributed by atoms with Gasteiger partial charge in [0.15, 0.2) is 0 Å². The zero-order valence-corrected chi connectivity index (χ0v) is 8.41. The molecule has 0 radical (unpaired) electrons. The highest BCUT2D eigenvalue weighted by Gasteiger charge is 2.02. The summed E-state index contributed by atoms with van der Waals surface area (Å²) in [6, 6.07) is 5.75. The lowest BCUT2D eigenvalue weighted by Crippen LogP contribution is -2.05. The maximum Gasteiger partial charge on any atom is 0.306 e. The van der Waals surface area contributed by atoms with E-state index in [1.165, 1.54) is 0 Å². The highest BCUT2D eigenvalue weighted by Crippen LogP contribution is 2.20. The zero-order chi connectivity index (χ0) is 10.6. The number of hydrogen-bond acceptors (Lipinski definition) is 2. The van der Waals surface area contributed by atoms with Crippen LogP contribution in [-0.2, 0) is 4.79 Å². The molecule has 0 aliphatic carbocycles. The molecule has 1 rings (SSSR count). The molecule has 0 aliphatic heterocycles. The quantitative estimate of drug-likeness (QED) is 0.798. The summed E-state index contributed by atoms with van der Waals surface area (Å²) in [7, 11) is 0. The smallest absolute Gasteiger partial charge is 0.306 e. The second-order valence-corrected chi connectivity index (χ2v) is 3.19. The van der Waals surface area contributed by atoms with Crippen LogP contribution in [-0.4, -0.2) is 17.7 Å². The van der Waals surface area contributed by atoms with Crippen LogP contribution in [0.4, 0.5) is 0 Å². The molecule has 0 aromatic heterocycles. The molecule has 0 spiro atoms. The molecule has 14 heavy (non-hydrogen) atoms. The molecular weight excluding hydrogens is 180 g/mol. The van der Waals surface area contributed by atoms with Crippen LogP contribution < -0.4 is 4.74 Å². The van der Waals surface area contributed by atoms with Gasteiger partial charge in [0, 0.05) is 0 Å². The van der Waals surface area contributed by atoms with E-state index in [4.69, 9.17) is 9.84 Å². The lowest BCUT2D eigenvalue weighted by atomic mass is 10.1. The van der Waals surface area contributed by atoms with Crippen LogP contribution in [0.15, 0.2) is 18.2 Å². The van der Waals surface area contributed by atoms with Crippen molar-refractivity contribution in [2.45, 2.75) is 20.3 Å². The Bertz CT molecular complexity index is 331. The predicted molar refractivity (Wildman–Crippen MR) is 53.7 cm³/mol. The van der Waals surface area contributed by atoms with Crippen molar-refractivity contribution in [1.29, 1.82) is 0 Å². The fourth-order valence-corrected chi connectivity index (χ4v) is 1.13. The van der Waals surface area contributed by atoms with Gasteiger partial charge in [0.2, 0.25) is 0 Å². The summed E-state index contributed by atoms with van der Waals surface area (Å²) < 4.78 is 5.35. The van der Waals surface area contributed by atoms with Crippen LogP contribution in [0, 0.1) is 13.8 Å². The molecule has 76 valence electrons. The SMILES string of the molecule is Cc1cccc(OCCC(=O)O)c1C. The summed E-state index contributed by atoms with van der Waals surface area (Å²) in [6.45, 7) is 4.18. The first kappa shape index (κ1) is 10.6. The number of carbonyl (C=O) groups is 1. The number of aliphatic carboxylic acids is 1. The van der Waals surface area contributed by atoms with Gasteiger partial charge in [0.1, 0.15) is 5.75 Å². The Kier molecular flexibility index (Phi) is 3.51. The van der Waals surface area contributed by atoms with Crippen LogP contribution in [0.5, 0.6) is 5.75 Å². The topological polar surface area (TPSA) is 46.5 Å². The Morgan fingerprint density at radius 1 is 1.43 bits per heavy atom. The molecular formula is C11H14O3. The van der Waals surface area contributed by atoms with E-state index in [1.54, 1.807) is 0 Å². The fraction of sp³-hybridized carbons (Fsp3) is 0.364. The van der Waals surface area contributed by atoms with Gasteiger partial charge in [-0.25, -0.2) is 0 Å². The van der Waals surface area contributed by atoms with E-state index in [0.29, 0.717) is 0 Å². The Labute approximate surface area is 83.3 Å². The lowest BCUT2D eigenvalue weighted by molar-refractivity contribution is -0.137. The van der Waals surface area contributed by atoms with E-state index in [9.17, 15) is 4.79 Å². The minimum Gasteiger partial charge on any atom is -0.493 e. The molecule has 3 nitrogen and oxygen atoms in total. The first-order valence-electron chi connectivity index (χ1n) is 4.52. The molecule has 0 heterocycles. The van der Waals surface area contributed by atoms with Gasteiger partial charge >= 0.3 is 5.97 Å². The van der Waals surface area contributed by atoms with Crippen molar-refractivity contribution in [3.05, 3.63) is 29.3 Å². The summed E-state index contributed by atoms with van der Waals surface area (Å²) in [5, 5.41) is 8.44. The molecule has 1 N–H and O–H groups in total. The van der Waals surface area contributed by atoms with Gasteiger partial charge in [-0.3, -0.25) is 4.79 Å². The molecule has 1 aromatic rings. The van der Waals surface area contributed by atoms with Crippen LogP contribution in [0.2, 0.25) is 0 Å². The van der Waals surface area contributed by atoms with E-state index in [1.807, 2.05) is 32.0 Å². The molecule has 0 fully saturated rings. The predicted octanol–water partition coefficient (Wildman–Crippen LogP) is 2.16. The Hall–Kier alpha value is -1.51. The third-order valence-corrected chi connectivity index (χ3v) is 2.13. The van der Waals surface area contributed by atoms with Crippen molar-refractivity contribution in [2.75, 3.05) is 6.61 Å². The summed E-state index contributed by atoms with van der Waals surface area (Å²) in [4.78, 5) is 10.3. The molecule has 3 heteroatoms. The maximum atomic E-state index is 10.3. The van der Waals surface area contributed by atoms with Gasteiger partial charge < -0.3 is 9.84 Å². The Balaban J connectivity index is 2.59. The zero-order valence-electron chi connectivity index (χ0n) is 8.41. The average molecular weight is 194 g/mol. The first-order chi connectivity index (χ1) is 6.61. The summed E-state index contributed by atoms with van der Waals surface area (Å²) in [5.74, 6) is -0.0680. The van der Waals surface area contributed by atoms with E-state index < -0.39 is 5.97 Å². The largest absolute Gasteiger partial charge is 0.493 e. The van der Waals surface area contributed by atoms with Gasteiger partial charge in [0.05, 0.1) is 13.0 Å². The van der Waals surface area contributed by atoms with Crippen LogP contribution in [0.3, 0.4) is 0 Å². The first-order valence-corrected chi connectivity index (χ1v) is 4.52. The normalized spacial score (nSPS) is 9.86. The Morgan fingerprint density at radius 2 is 2.14 bits per heavy atom. The van der Waals surface area contributed by atoms with Crippen LogP contribution in [0.25, 0.3) is 0 Å². The second kappa shape index (κ2) is 4.65. The van der Waals surface area contributed by atoms with E-state index in [-0.39, 0.29) is 13.0 Å². The summed E-state index contributed by atoms with van der Waals surface area (Å²) in [5.41, 5.74) is 2.22. The van der Waals surface area contributed by atoms with Gasteiger partial charge in [-0.2, -0.15) is 0 Å². The lowest BCUT2D eigenvalue weighted by Gasteiger charge is -2.09. The third-order valence-electron chi connectivity index (χ3n) is 2.13. The molecule has 0 bridgehead atoms. The van der Waals surface area contributed by atoms with Crippen LogP contribution in [0.1, 0.15) is 17.5 Å². The minimum atomic E-state index is -0.838. The molecule has 0 aliphatic rings. The third kappa shape index (κ3) is 2.76. The van der Waals surface area contributed by atoms with Gasteiger partial charge in [-0.1, -0.05) is 12.1 Å². The van der Waals surface area contributed by atoms with Crippen LogP contribution >= 0.6 is 0 Å². The van der Waals surface area contributed by atoms with Crippen molar-refractivity contribution in [1.82, 2.24) is 0 Å². The molecule has 1 aromatic carbocycles. The average Bonchev–Trinajstić information content (AvgIpc) is 2.12. The second-order valence-electron chi connectivity index (χ2n) is 3.19. The van der Waals surface area contributed by atoms with Gasteiger partial charge in [-0.15, -0.1) is 0 Å². The number of carboxylic acids is 1. The summed E-state index contributed by atoms with van der Waals surface area (Å²) >= 11 is 0. The molecule has 0 amide bonds. The van der Waals surface area contributed by atoms with E-state index >= 15 is 0 Å². The number of hydrogen-bond donors (Lipinski definition) is 1. The Morgan fingerprint density at radius 3 is 2.79 bits per heavy atom. The van der Waals surface area contributed by atoms with Crippen molar-refractivity contribution in [2.24, 2.45) is 0 Å². The standard InChI is InChI=1S/C11H14O3/c1-8-4-3-5-10(9(8)2)14-7-6-11(12)13/h3-5H,6-7H2,1-2H3,(H,12,13). The molecule has 0 saturated carbocycles. The highest BCUT2D eigenvalue weighted by atomic mass is 16.5. The number of carboxylic acid groups (broad SMARTS) is 1. The summed E-state index contributed by atoms with van der Waals surface area (Å²) in [6.07, 6.45) is 0.0351.